The Morgan fingerprint density at radius 3 is 2.48 bits per heavy atom. The van der Waals surface area contributed by atoms with Crippen molar-refractivity contribution in [3.8, 4) is 0 Å². The van der Waals surface area contributed by atoms with E-state index >= 15 is 0 Å². The Morgan fingerprint density at radius 1 is 1.17 bits per heavy atom. The maximum atomic E-state index is 12.8. The van der Waals surface area contributed by atoms with Crippen molar-refractivity contribution in [1.82, 2.24) is 4.90 Å². The number of likely N-dealkylation sites (N-methyl/N-ethyl adjacent to an activating group) is 1. The average Bonchev–Trinajstić information content (AvgIpc) is 2.71. The van der Waals surface area contributed by atoms with E-state index in [9.17, 15) is 4.79 Å². The van der Waals surface area contributed by atoms with Crippen LogP contribution in [0.25, 0.3) is 0 Å². The van der Waals surface area contributed by atoms with Crippen molar-refractivity contribution in [1.29, 1.82) is 0 Å². The van der Waals surface area contributed by atoms with Crippen LogP contribution in [0.3, 0.4) is 0 Å². The van der Waals surface area contributed by atoms with Gasteiger partial charge >= 0.3 is 0 Å². The van der Waals surface area contributed by atoms with E-state index in [1.807, 2.05) is 35.2 Å². The van der Waals surface area contributed by atoms with Gasteiger partial charge in [0.2, 0.25) is 5.91 Å². The monoisotopic (exact) mass is 356 g/mol. The van der Waals surface area contributed by atoms with E-state index in [1.165, 1.54) is 0 Å². The molecule has 1 fully saturated rings. The second-order valence-electron chi connectivity index (χ2n) is 6.40. The van der Waals surface area contributed by atoms with Gasteiger partial charge in [-0.15, -0.1) is 23.2 Å². The lowest BCUT2D eigenvalue weighted by Crippen LogP contribution is -2.52. The van der Waals surface area contributed by atoms with Crippen molar-refractivity contribution in [3.05, 3.63) is 30.3 Å². The summed E-state index contributed by atoms with van der Waals surface area (Å²) in [5.41, 5.74) is 0.951. The van der Waals surface area contributed by atoms with E-state index < -0.39 is 0 Å². The highest BCUT2D eigenvalue weighted by Crippen LogP contribution is 2.31. The molecule has 3 nitrogen and oxygen atoms in total. The van der Waals surface area contributed by atoms with Crippen molar-refractivity contribution < 1.29 is 4.79 Å². The van der Waals surface area contributed by atoms with Crippen molar-refractivity contribution >= 4 is 34.8 Å². The van der Waals surface area contributed by atoms with E-state index in [0.717, 1.165) is 31.4 Å². The van der Waals surface area contributed by atoms with Crippen LogP contribution >= 0.6 is 23.2 Å². The molecular formula is C18H26Cl2N2O. The van der Waals surface area contributed by atoms with Crippen molar-refractivity contribution in [2.45, 2.75) is 49.6 Å². The summed E-state index contributed by atoms with van der Waals surface area (Å²) in [6.07, 6.45) is 4.28. The normalized spacial score (nSPS) is 25.2. The van der Waals surface area contributed by atoms with Crippen LogP contribution in [0.15, 0.2) is 30.3 Å². The fourth-order valence-electron chi connectivity index (χ4n) is 3.44. The van der Waals surface area contributed by atoms with Crippen LogP contribution in [0.4, 0.5) is 5.69 Å². The number of anilines is 1. The van der Waals surface area contributed by atoms with Gasteiger partial charge in [0, 0.05) is 29.4 Å². The molecule has 0 N–H and O–H groups in total. The predicted molar refractivity (Wildman–Crippen MR) is 98.6 cm³/mol. The lowest BCUT2D eigenvalue weighted by molar-refractivity contribution is -0.119. The molecular weight excluding hydrogens is 331 g/mol. The molecule has 1 aliphatic rings. The molecule has 3 atom stereocenters. The summed E-state index contributed by atoms with van der Waals surface area (Å²) in [6, 6.07) is 10.3. The van der Waals surface area contributed by atoms with Gasteiger partial charge in [-0.1, -0.05) is 18.2 Å². The number of amides is 1. The van der Waals surface area contributed by atoms with Crippen molar-refractivity contribution in [2.24, 2.45) is 0 Å². The smallest absolute Gasteiger partial charge is 0.228 e. The second-order valence-corrected chi connectivity index (χ2v) is 7.40. The van der Waals surface area contributed by atoms with Gasteiger partial charge in [-0.05, 0) is 51.9 Å². The first-order valence-corrected chi connectivity index (χ1v) is 9.25. The summed E-state index contributed by atoms with van der Waals surface area (Å²) in [6.45, 7) is 0. The Bertz CT molecular complexity index is 495. The minimum absolute atomic E-state index is 0.0936. The van der Waals surface area contributed by atoms with Crippen LogP contribution in [-0.2, 0) is 4.79 Å². The Hall–Kier alpha value is -0.770. The highest BCUT2D eigenvalue weighted by atomic mass is 35.5. The minimum Gasteiger partial charge on any atom is -0.308 e. The van der Waals surface area contributed by atoms with Crippen LogP contribution < -0.4 is 4.90 Å². The topological polar surface area (TPSA) is 23.6 Å². The van der Waals surface area contributed by atoms with Gasteiger partial charge < -0.3 is 9.80 Å². The van der Waals surface area contributed by atoms with E-state index in [2.05, 4.69) is 19.0 Å². The molecule has 1 amide bonds. The van der Waals surface area contributed by atoms with Gasteiger partial charge in [0.1, 0.15) is 0 Å². The molecule has 1 saturated carbocycles. The summed E-state index contributed by atoms with van der Waals surface area (Å²) in [7, 11) is 4.14. The number of nitrogens with zero attached hydrogens (tertiary/aromatic N) is 2. The van der Waals surface area contributed by atoms with Gasteiger partial charge in [0.25, 0.3) is 0 Å². The zero-order chi connectivity index (χ0) is 16.8. The molecule has 0 spiro atoms. The summed E-state index contributed by atoms with van der Waals surface area (Å²) in [4.78, 5) is 17.0. The lowest BCUT2D eigenvalue weighted by atomic mass is 9.98. The molecule has 1 aromatic rings. The Labute approximate surface area is 149 Å². The quantitative estimate of drug-likeness (QED) is 0.584. The molecule has 0 radical (unpaired) electrons. The maximum Gasteiger partial charge on any atom is 0.228 e. The third-order valence-electron chi connectivity index (χ3n) is 4.56. The summed E-state index contributed by atoms with van der Waals surface area (Å²) < 4.78 is 0. The lowest BCUT2D eigenvalue weighted by Gasteiger charge is -2.39. The number of rotatable bonds is 5. The molecule has 2 rings (SSSR count). The number of hydrogen-bond donors (Lipinski definition) is 0. The number of alkyl halides is 2. The van der Waals surface area contributed by atoms with Crippen LogP contribution in [0.1, 0.15) is 32.1 Å². The molecule has 23 heavy (non-hydrogen) atoms. The van der Waals surface area contributed by atoms with Crippen molar-refractivity contribution in [3.63, 3.8) is 0 Å². The van der Waals surface area contributed by atoms with E-state index in [1.54, 1.807) is 0 Å². The van der Waals surface area contributed by atoms with E-state index in [-0.39, 0.29) is 23.4 Å². The molecule has 0 heterocycles. The zero-order valence-electron chi connectivity index (χ0n) is 13.9. The second kappa shape index (κ2) is 8.91. The van der Waals surface area contributed by atoms with E-state index in [4.69, 9.17) is 23.2 Å². The minimum atomic E-state index is 0.0936. The van der Waals surface area contributed by atoms with Crippen LogP contribution in [-0.4, -0.2) is 48.2 Å². The first-order chi connectivity index (χ1) is 11.0. The summed E-state index contributed by atoms with van der Waals surface area (Å²) in [5.74, 6) is 0.440. The third kappa shape index (κ3) is 4.85. The Morgan fingerprint density at radius 2 is 1.87 bits per heavy atom. The summed E-state index contributed by atoms with van der Waals surface area (Å²) in [5, 5.41) is 0.174. The molecule has 1 aliphatic carbocycles. The highest BCUT2D eigenvalue weighted by molar-refractivity contribution is 6.20. The van der Waals surface area contributed by atoms with Gasteiger partial charge in [-0.25, -0.2) is 0 Å². The number of carbonyl (C=O) groups excluding carboxylic acids is 1. The maximum absolute atomic E-state index is 12.8. The van der Waals surface area contributed by atoms with Crippen molar-refractivity contribution in [2.75, 3.05) is 24.9 Å². The largest absolute Gasteiger partial charge is 0.308 e. The fourth-order valence-corrected chi connectivity index (χ4v) is 3.94. The number of halogens is 2. The Kier molecular flexibility index (Phi) is 7.19. The van der Waals surface area contributed by atoms with Crippen LogP contribution in [0, 0.1) is 0 Å². The average molecular weight is 357 g/mol. The molecule has 0 aliphatic heterocycles. The van der Waals surface area contributed by atoms with Gasteiger partial charge in [-0.3, -0.25) is 4.79 Å². The molecule has 5 heteroatoms. The first-order valence-electron chi connectivity index (χ1n) is 8.28. The number of carbonyl (C=O) groups is 1. The zero-order valence-corrected chi connectivity index (χ0v) is 15.4. The fraction of sp³-hybridized carbons (Fsp3) is 0.611. The van der Waals surface area contributed by atoms with Gasteiger partial charge in [-0.2, -0.15) is 0 Å². The SMILES string of the molecule is CN(C)[C@@H]1CC(Cl)CCC[C@H]1N(C(=O)CCCl)c1ccccc1. The standard InChI is InChI=1S/C18H26Cl2N2O/c1-21(2)17-13-14(20)7-6-10-16(17)22(18(23)11-12-19)15-8-4-3-5-9-15/h3-5,8-9,14,16-17H,6-7,10-13H2,1-2H3/t14?,16-,17-/m1/s1. The third-order valence-corrected chi connectivity index (χ3v) is 5.15. The first kappa shape index (κ1) is 18.6. The van der Waals surface area contributed by atoms with Crippen LogP contribution in [0.5, 0.6) is 0 Å². The van der Waals surface area contributed by atoms with E-state index in [0.29, 0.717) is 12.3 Å². The molecule has 0 saturated heterocycles. The van der Waals surface area contributed by atoms with Gasteiger partial charge in [0.15, 0.2) is 0 Å². The number of hydrogen-bond acceptors (Lipinski definition) is 2. The van der Waals surface area contributed by atoms with Crippen LogP contribution in [0.2, 0.25) is 0 Å². The molecule has 0 aromatic heterocycles. The summed E-state index contributed by atoms with van der Waals surface area (Å²) >= 11 is 12.3. The predicted octanol–water partition coefficient (Wildman–Crippen LogP) is 4.13. The number of para-hydroxylation sites is 1. The Balaban J connectivity index is 2.36. The van der Waals surface area contributed by atoms with Gasteiger partial charge in [0.05, 0.1) is 6.04 Å². The molecule has 128 valence electrons. The highest BCUT2D eigenvalue weighted by Gasteiger charge is 2.35. The number of benzene rings is 1. The molecule has 1 aromatic carbocycles. The molecule has 1 unspecified atom stereocenters. The molecule has 0 bridgehead atoms.